The SMILES string of the molecule is C[C@@H]1CN(CC#N)CCN1c1cc2nc(SC(C)(C)C)[nH]c2cc1Cl. The van der Waals surface area contributed by atoms with Crippen molar-refractivity contribution in [3.05, 3.63) is 17.2 Å². The Morgan fingerprint density at radius 1 is 1.40 bits per heavy atom. The van der Waals surface area contributed by atoms with Crippen LogP contribution in [0.15, 0.2) is 17.3 Å². The summed E-state index contributed by atoms with van der Waals surface area (Å²) in [6.07, 6.45) is 0. The van der Waals surface area contributed by atoms with Crippen molar-refractivity contribution in [1.29, 1.82) is 5.26 Å². The van der Waals surface area contributed by atoms with E-state index in [0.717, 1.165) is 46.5 Å². The highest BCUT2D eigenvalue weighted by atomic mass is 35.5. The number of halogens is 1. The minimum atomic E-state index is 0.103. The van der Waals surface area contributed by atoms with Gasteiger partial charge in [-0.15, -0.1) is 0 Å². The average molecular weight is 378 g/mol. The molecule has 1 fully saturated rings. The number of fused-ring (bicyclic) bond motifs is 1. The van der Waals surface area contributed by atoms with Crippen LogP contribution in [0.25, 0.3) is 11.0 Å². The van der Waals surface area contributed by atoms with Crippen molar-refractivity contribution in [3.63, 3.8) is 0 Å². The van der Waals surface area contributed by atoms with Crippen LogP contribution in [0, 0.1) is 11.3 Å². The van der Waals surface area contributed by atoms with E-state index >= 15 is 0 Å². The number of piperazine rings is 1. The van der Waals surface area contributed by atoms with Crippen LogP contribution in [0.1, 0.15) is 27.7 Å². The number of rotatable bonds is 3. The maximum Gasteiger partial charge on any atom is 0.166 e. The molecule has 0 unspecified atom stereocenters. The highest BCUT2D eigenvalue weighted by molar-refractivity contribution is 8.00. The number of hydrogen-bond donors (Lipinski definition) is 1. The van der Waals surface area contributed by atoms with Crippen LogP contribution in [0.4, 0.5) is 5.69 Å². The van der Waals surface area contributed by atoms with Crippen LogP contribution in [0.2, 0.25) is 5.02 Å². The van der Waals surface area contributed by atoms with Crippen molar-refractivity contribution in [2.45, 2.75) is 43.6 Å². The molecule has 1 atom stereocenters. The Bertz CT molecular complexity index is 804. The molecule has 1 N–H and O–H groups in total. The lowest BCUT2D eigenvalue weighted by molar-refractivity contribution is 0.253. The van der Waals surface area contributed by atoms with Crippen molar-refractivity contribution in [3.8, 4) is 6.07 Å². The van der Waals surface area contributed by atoms with E-state index in [1.165, 1.54) is 0 Å². The topological polar surface area (TPSA) is 59.0 Å². The summed E-state index contributed by atoms with van der Waals surface area (Å²) in [5, 5.41) is 10.6. The number of aromatic amines is 1. The first-order chi connectivity index (χ1) is 11.8. The molecule has 1 aromatic carbocycles. The van der Waals surface area contributed by atoms with Gasteiger partial charge in [0, 0.05) is 30.4 Å². The van der Waals surface area contributed by atoms with Gasteiger partial charge in [-0.1, -0.05) is 44.1 Å². The maximum absolute atomic E-state index is 8.89. The highest BCUT2D eigenvalue weighted by Crippen LogP contribution is 2.35. The van der Waals surface area contributed by atoms with Crippen LogP contribution in [0.5, 0.6) is 0 Å². The van der Waals surface area contributed by atoms with E-state index in [1.54, 1.807) is 11.8 Å². The lowest BCUT2D eigenvalue weighted by Crippen LogP contribution is -2.52. The molecule has 0 amide bonds. The second-order valence-corrected chi connectivity index (χ2v) is 9.74. The summed E-state index contributed by atoms with van der Waals surface area (Å²) in [5.41, 5.74) is 2.94. The number of hydrogen-bond acceptors (Lipinski definition) is 5. The Labute approximate surface area is 158 Å². The first-order valence-electron chi connectivity index (χ1n) is 8.51. The van der Waals surface area contributed by atoms with Gasteiger partial charge in [-0.05, 0) is 19.1 Å². The summed E-state index contributed by atoms with van der Waals surface area (Å²) >= 11 is 8.30. The third-order valence-corrected chi connectivity index (χ3v) is 5.55. The monoisotopic (exact) mass is 377 g/mol. The third kappa shape index (κ3) is 4.22. The van der Waals surface area contributed by atoms with Gasteiger partial charge in [0.2, 0.25) is 0 Å². The number of thioether (sulfide) groups is 1. The van der Waals surface area contributed by atoms with Gasteiger partial charge >= 0.3 is 0 Å². The van der Waals surface area contributed by atoms with Gasteiger partial charge in [0.15, 0.2) is 5.16 Å². The number of benzene rings is 1. The Kier molecular flexibility index (Phi) is 5.19. The van der Waals surface area contributed by atoms with E-state index in [1.807, 2.05) is 6.07 Å². The van der Waals surface area contributed by atoms with E-state index in [4.69, 9.17) is 21.8 Å². The van der Waals surface area contributed by atoms with E-state index in [9.17, 15) is 0 Å². The predicted molar refractivity (Wildman–Crippen MR) is 106 cm³/mol. The molecule has 1 saturated heterocycles. The Morgan fingerprint density at radius 3 is 2.80 bits per heavy atom. The van der Waals surface area contributed by atoms with Crippen molar-refractivity contribution < 1.29 is 0 Å². The van der Waals surface area contributed by atoms with Gasteiger partial charge in [-0.2, -0.15) is 5.26 Å². The van der Waals surface area contributed by atoms with E-state index in [0.29, 0.717) is 12.6 Å². The second kappa shape index (κ2) is 7.06. The van der Waals surface area contributed by atoms with Crippen LogP contribution in [0.3, 0.4) is 0 Å². The summed E-state index contributed by atoms with van der Waals surface area (Å²) in [7, 11) is 0. The van der Waals surface area contributed by atoms with Crippen molar-refractivity contribution >= 4 is 40.1 Å². The fraction of sp³-hybridized carbons (Fsp3) is 0.556. The molecule has 25 heavy (non-hydrogen) atoms. The molecule has 1 aromatic heterocycles. The largest absolute Gasteiger partial charge is 0.365 e. The first-order valence-corrected chi connectivity index (χ1v) is 9.70. The minimum Gasteiger partial charge on any atom is -0.365 e. The van der Waals surface area contributed by atoms with E-state index in [-0.39, 0.29) is 4.75 Å². The van der Waals surface area contributed by atoms with Crippen LogP contribution < -0.4 is 4.90 Å². The molecule has 0 aliphatic carbocycles. The normalized spacial score (nSPS) is 19.4. The third-order valence-electron chi connectivity index (χ3n) is 4.25. The van der Waals surface area contributed by atoms with Gasteiger partial charge in [-0.3, -0.25) is 4.90 Å². The molecular weight excluding hydrogens is 354 g/mol. The van der Waals surface area contributed by atoms with E-state index in [2.05, 4.69) is 54.6 Å². The molecule has 0 spiro atoms. The van der Waals surface area contributed by atoms with Crippen molar-refractivity contribution in [1.82, 2.24) is 14.9 Å². The molecule has 3 rings (SSSR count). The molecule has 0 radical (unpaired) electrons. The number of nitrogens with one attached hydrogen (secondary N) is 1. The summed E-state index contributed by atoms with van der Waals surface area (Å²) < 4.78 is 0.103. The summed E-state index contributed by atoms with van der Waals surface area (Å²) in [5.74, 6) is 0. The zero-order chi connectivity index (χ0) is 18.2. The number of anilines is 1. The number of H-pyrrole nitrogens is 1. The van der Waals surface area contributed by atoms with Gasteiger partial charge in [0.05, 0.1) is 34.4 Å². The van der Waals surface area contributed by atoms with E-state index < -0.39 is 0 Å². The lowest BCUT2D eigenvalue weighted by Gasteiger charge is -2.40. The first kappa shape index (κ1) is 18.4. The minimum absolute atomic E-state index is 0.103. The molecular formula is C18H24ClN5S. The molecule has 5 nitrogen and oxygen atoms in total. The number of imidazole rings is 1. The Morgan fingerprint density at radius 2 is 2.16 bits per heavy atom. The molecule has 1 aliphatic rings. The van der Waals surface area contributed by atoms with Gasteiger partial charge in [0.1, 0.15) is 0 Å². The quantitative estimate of drug-likeness (QED) is 0.643. The molecule has 0 saturated carbocycles. The Hall–Kier alpha value is -1.42. The van der Waals surface area contributed by atoms with Crippen LogP contribution in [-0.4, -0.2) is 51.8 Å². The zero-order valence-electron chi connectivity index (χ0n) is 15.1. The number of nitriles is 1. The maximum atomic E-state index is 8.89. The predicted octanol–water partition coefficient (Wildman–Crippen LogP) is 4.14. The number of aromatic nitrogens is 2. The van der Waals surface area contributed by atoms with Gasteiger partial charge in [0.25, 0.3) is 0 Å². The number of nitrogens with zero attached hydrogens (tertiary/aromatic N) is 4. The molecule has 2 aromatic rings. The summed E-state index contributed by atoms with van der Waals surface area (Å²) in [4.78, 5) is 12.6. The molecule has 7 heteroatoms. The molecule has 2 heterocycles. The standard InChI is InChI=1S/C18H24ClN5S/c1-12-11-23(6-5-20)7-8-24(12)16-10-15-14(9-13(16)19)21-17(22-15)25-18(2,3)4/h9-10,12H,6-8,11H2,1-4H3,(H,21,22)/t12-/m1/s1. The average Bonchev–Trinajstić information content (AvgIpc) is 2.86. The summed E-state index contributed by atoms with van der Waals surface area (Å²) in [6, 6.07) is 6.59. The molecule has 134 valence electrons. The lowest BCUT2D eigenvalue weighted by atomic mass is 10.1. The molecule has 1 aliphatic heterocycles. The zero-order valence-corrected chi connectivity index (χ0v) is 16.7. The fourth-order valence-electron chi connectivity index (χ4n) is 3.19. The van der Waals surface area contributed by atoms with Crippen LogP contribution in [-0.2, 0) is 0 Å². The Balaban J connectivity index is 1.87. The fourth-order valence-corrected chi connectivity index (χ4v) is 4.35. The summed E-state index contributed by atoms with van der Waals surface area (Å²) in [6.45, 7) is 11.8. The highest BCUT2D eigenvalue weighted by Gasteiger charge is 2.26. The van der Waals surface area contributed by atoms with Gasteiger partial charge < -0.3 is 9.88 Å². The smallest absolute Gasteiger partial charge is 0.166 e. The van der Waals surface area contributed by atoms with Gasteiger partial charge in [-0.25, -0.2) is 4.98 Å². The van der Waals surface area contributed by atoms with Crippen molar-refractivity contribution in [2.75, 3.05) is 31.1 Å². The van der Waals surface area contributed by atoms with Crippen LogP contribution >= 0.6 is 23.4 Å². The second-order valence-electron chi connectivity index (χ2n) is 7.51. The van der Waals surface area contributed by atoms with Crippen molar-refractivity contribution in [2.24, 2.45) is 0 Å². The molecule has 0 bridgehead atoms.